The molecule has 0 fully saturated rings. The average molecular weight is 315 g/mol. The van der Waals surface area contributed by atoms with E-state index in [1.165, 1.54) is 19.4 Å². The van der Waals surface area contributed by atoms with Crippen LogP contribution in [0.15, 0.2) is 47.6 Å². The van der Waals surface area contributed by atoms with Crippen molar-refractivity contribution in [2.24, 2.45) is 0 Å². The summed E-state index contributed by atoms with van der Waals surface area (Å²) in [6.45, 7) is 3.31. The van der Waals surface area contributed by atoms with E-state index >= 15 is 0 Å². The van der Waals surface area contributed by atoms with E-state index in [1.54, 1.807) is 13.8 Å². The fourth-order valence-corrected chi connectivity index (χ4v) is 3.08. The summed E-state index contributed by atoms with van der Waals surface area (Å²) in [5.41, 5.74) is -0.111. The average Bonchev–Trinajstić information content (AvgIpc) is 2.55. The van der Waals surface area contributed by atoms with Gasteiger partial charge in [0.25, 0.3) is 0 Å². The Bertz CT molecular complexity index is 792. The van der Waals surface area contributed by atoms with Crippen LogP contribution >= 0.6 is 0 Å². The molecule has 0 saturated carbocycles. The number of hydrogen-bond acceptors (Lipinski definition) is 4. The molecule has 0 atom stereocenters. The third-order valence-electron chi connectivity index (χ3n) is 3.46. The molecule has 1 aromatic heterocycles. The van der Waals surface area contributed by atoms with Gasteiger partial charge in [0.1, 0.15) is 4.90 Å². The molecule has 0 spiro atoms. The van der Waals surface area contributed by atoms with E-state index in [2.05, 4.69) is 15.9 Å². The molecule has 1 heterocycles. The van der Waals surface area contributed by atoms with Crippen molar-refractivity contribution in [3.8, 4) is 23.7 Å². The molecule has 0 amide bonds. The van der Waals surface area contributed by atoms with Crippen LogP contribution in [0.2, 0.25) is 0 Å². The zero-order valence-corrected chi connectivity index (χ0v) is 13.5. The fourth-order valence-electron chi connectivity index (χ4n) is 1.74. The highest BCUT2D eigenvalue weighted by molar-refractivity contribution is 7.89. The van der Waals surface area contributed by atoms with E-state index in [9.17, 15) is 8.42 Å². The largest absolute Gasteiger partial charge is 0.247 e. The minimum atomic E-state index is -3.74. The standard InChI is InChI=1S/C16H17N3O2S/c1-5-16(2,3)19(4)22(20,21)14-11-17-15(18-12-14)13-9-7-6-8-10-13/h1,6-12H,2-4H3. The van der Waals surface area contributed by atoms with Crippen LogP contribution in [0.1, 0.15) is 13.8 Å². The van der Waals surface area contributed by atoms with Gasteiger partial charge in [0.05, 0.1) is 17.9 Å². The van der Waals surface area contributed by atoms with Crippen LogP contribution in [0.4, 0.5) is 0 Å². The SMILES string of the molecule is C#CC(C)(C)N(C)S(=O)(=O)c1cnc(-c2ccccc2)nc1. The number of terminal acetylenes is 1. The van der Waals surface area contributed by atoms with Gasteiger partial charge in [-0.15, -0.1) is 6.42 Å². The quantitative estimate of drug-likeness (QED) is 0.811. The minimum Gasteiger partial charge on any atom is -0.235 e. The third kappa shape index (κ3) is 3.01. The summed E-state index contributed by atoms with van der Waals surface area (Å²) in [5, 5.41) is 0. The molecule has 0 aliphatic rings. The first-order chi connectivity index (χ1) is 10.3. The lowest BCUT2D eigenvalue weighted by atomic mass is 10.1. The van der Waals surface area contributed by atoms with Crippen LogP contribution in [-0.2, 0) is 10.0 Å². The van der Waals surface area contributed by atoms with E-state index in [-0.39, 0.29) is 4.90 Å². The van der Waals surface area contributed by atoms with E-state index in [0.29, 0.717) is 5.82 Å². The maximum absolute atomic E-state index is 12.5. The molecule has 0 unspecified atom stereocenters. The van der Waals surface area contributed by atoms with Gasteiger partial charge in [-0.05, 0) is 13.8 Å². The van der Waals surface area contributed by atoms with Gasteiger partial charge in [-0.2, -0.15) is 4.31 Å². The molecule has 2 aromatic rings. The maximum Gasteiger partial charge on any atom is 0.247 e. The van der Waals surface area contributed by atoms with Crippen LogP contribution in [0.25, 0.3) is 11.4 Å². The molecule has 0 N–H and O–H groups in total. The van der Waals surface area contributed by atoms with Crippen molar-refractivity contribution >= 4 is 10.0 Å². The second-order valence-corrected chi connectivity index (χ2v) is 7.25. The molecule has 5 nitrogen and oxygen atoms in total. The van der Waals surface area contributed by atoms with Gasteiger partial charge in [0, 0.05) is 12.6 Å². The highest BCUT2D eigenvalue weighted by atomic mass is 32.2. The molecule has 6 heteroatoms. The second kappa shape index (κ2) is 5.87. The van der Waals surface area contributed by atoms with Gasteiger partial charge >= 0.3 is 0 Å². The maximum atomic E-state index is 12.5. The fraction of sp³-hybridized carbons (Fsp3) is 0.250. The third-order valence-corrected chi connectivity index (χ3v) is 5.44. The number of rotatable bonds is 4. The van der Waals surface area contributed by atoms with E-state index in [4.69, 9.17) is 6.42 Å². The van der Waals surface area contributed by atoms with Crippen LogP contribution in [0.3, 0.4) is 0 Å². The Labute approximate surface area is 131 Å². The number of benzene rings is 1. The molecule has 22 heavy (non-hydrogen) atoms. The summed E-state index contributed by atoms with van der Waals surface area (Å²) in [5.74, 6) is 2.93. The number of aromatic nitrogens is 2. The second-order valence-electron chi connectivity index (χ2n) is 5.28. The van der Waals surface area contributed by atoms with E-state index in [1.807, 2.05) is 30.3 Å². The summed E-state index contributed by atoms with van der Waals surface area (Å²) in [6, 6.07) is 9.34. The van der Waals surface area contributed by atoms with Crippen molar-refractivity contribution in [2.45, 2.75) is 24.3 Å². The van der Waals surface area contributed by atoms with E-state index < -0.39 is 15.6 Å². The van der Waals surface area contributed by atoms with Gasteiger partial charge in [-0.3, -0.25) is 0 Å². The smallest absolute Gasteiger partial charge is 0.235 e. The van der Waals surface area contributed by atoms with Gasteiger partial charge in [0.15, 0.2) is 5.82 Å². The van der Waals surface area contributed by atoms with Crippen LogP contribution < -0.4 is 0 Å². The van der Waals surface area contributed by atoms with E-state index in [0.717, 1.165) is 9.87 Å². The summed E-state index contributed by atoms with van der Waals surface area (Å²) in [7, 11) is -2.30. The molecule has 2 rings (SSSR count). The monoisotopic (exact) mass is 315 g/mol. The van der Waals surface area contributed by atoms with Crippen molar-refractivity contribution in [1.29, 1.82) is 0 Å². The minimum absolute atomic E-state index is 0.0120. The van der Waals surface area contributed by atoms with Crippen LogP contribution in [0, 0.1) is 12.3 Å². The summed E-state index contributed by atoms with van der Waals surface area (Å²) < 4.78 is 26.2. The number of sulfonamides is 1. The van der Waals surface area contributed by atoms with Crippen molar-refractivity contribution in [2.75, 3.05) is 7.05 Å². The van der Waals surface area contributed by atoms with Crippen molar-refractivity contribution in [1.82, 2.24) is 14.3 Å². The first kappa shape index (κ1) is 16.1. The Balaban J connectivity index is 2.37. The Morgan fingerprint density at radius 2 is 1.68 bits per heavy atom. The Morgan fingerprint density at radius 1 is 1.14 bits per heavy atom. The van der Waals surface area contributed by atoms with Crippen LogP contribution in [-0.4, -0.2) is 35.3 Å². The molecule has 0 bridgehead atoms. The molecular weight excluding hydrogens is 298 g/mol. The normalized spacial score (nSPS) is 12.1. The first-order valence-corrected chi connectivity index (χ1v) is 8.07. The Kier molecular flexibility index (Phi) is 4.31. The molecule has 0 aliphatic heterocycles. The molecule has 0 aliphatic carbocycles. The first-order valence-electron chi connectivity index (χ1n) is 6.63. The Morgan fingerprint density at radius 3 is 2.18 bits per heavy atom. The number of hydrogen-bond donors (Lipinski definition) is 0. The highest BCUT2D eigenvalue weighted by Crippen LogP contribution is 2.22. The van der Waals surface area contributed by atoms with Crippen molar-refractivity contribution in [3.05, 3.63) is 42.7 Å². The van der Waals surface area contributed by atoms with Crippen LogP contribution in [0.5, 0.6) is 0 Å². The van der Waals surface area contributed by atoms with Gasteiger partial charge in [-0.25, -0.2) is 18.4 Å². The molecule has 1 aromatic carbocycles. The zero-order valence-electron chi connectivity index (χ0n) is 12.7. The topological polar surface area (TPSA) is 63.2 Å². The van der Waals surface area contributed by atoms with Gasteiger partial charge < -0.3 is 0 Å². The lowest BCUT2D eigenvalue weighted by Crippen LogP contribution is -2.43. The lowest BCUT2D eigenvalue weighted by Gasteiger charge is -2.29. The van der Waals surface area contributed by atoms with Gasteiger partial charge in [-0.1, -0.05) is 36.3 Å². The summed E-state index contributed by atoms with van der Waals surface area (Å²) in [4.78, 5) is 8.29. The molecule has 114 valence electrons. The predicted octanol–water partition coefficient (Wildman–Crippen LogP) is 2.18. The Hall–Kier alpha value is -2.23. The van der Waals surface area contributed by atoms with Crippen molar-refractivity contribution in [3.63, 3.8) is 0 Å². The zero-order chi connectivity index (χ0) is 16.4. The van der Waals surface area contributed by atoms with Crippen molar-refractivity contribution < 1.29 is 8.42 Å². The molecule has 0 radical (unpaired) electrons. The number of nitrogens with zero attached hydrogens (tertiary/aromatic N) is 3. The molecule has 0 saturated heterocycles. The van der Waals surface area contributed by atoms with Gasteiger partial charge in [0.2, 0.25) is 10.0 Å². The predicted molar refractivity (Wildman–Crippen MR) is 85.3 cm³/mol. The summed E-state index contributed by atoms with van der Waals surface area (Å²) in [6.07, 6.45) is 7.99. The lowest BCUT2D eigenvalue weighted by molar-refractivity contribution is 0.340. The molecular formula is C16H17N3O2S. The summed E-state index contributed by atoms with van der Waals surface area (Å²) >= 11 is 0. The highest BCUT2D eigenvalue weighted by Gasteiger charge is 2.33.